The molecule has 0 aromatic heterocycles. The van der Waals surface area contributed by atoms with Crippen molar-refractivity contribution in [1.82, 2.24) is 0 Å². The molecule has 0 rings (SSSR count). The molecule has 68 heavy (non-hydrogen) atoms. The van der Waals surface area contributed by atoms with Gasteiger partial charge in [0.25, 0.3) is 0 Å². The quantitative estimate of drug-likeness (QED) is 0.0472. The van der Waals surface area contributed by atoms with Crippen molar-refractivity contribution in [3.8, 4) is 0 Å². The van der Waals surface area contributed by atoms with E-state index in [1.165, 1.54) is 379 Å². The van der Waals surface area contributed by atoms with Crippen LogP contribution in [0, 0.1) is 0 Å². The molecule has 0 bridgehead atoms. The fourth-order valence-corrected chi connectivity index (χ4v) is 11.6. The zero-order valence-electron chi connectivity index (χ0n) is 47.3. The molecule has 4 heteroatoms. The van der Waals surface area contributed by atoms with Crippen molar-refractivity contribution in [3.05, 3.63) is 0 Å². The lowest BCUT2D eigenvalue weighted by molar-refractivity contribution is 0.370. The summed E-state index contributed by atoms with van der Waals surface area (Å²) >= 11 is 0. The molecular formula is C64H131O3P. The fraction of sp³-hybridized carbons (Fsp3) is 1.00. The predicted molar refractivity (Wildman–Crippen MR) is 309 cm³/mol. The molecule has 0 saturated heterocycles. The molecule has 2 N–H and O–H groups in total. The predicted octanol–water partition coefficient (Wildman–Crippen LogP) is 24.4. The molecule has 3 nitrogen and oxygen atoms in total. The third-order valence-corrected chi connectivity index (χ3v) is 16.7. The third-order valence-electron chi connectivity index (χ3n) is 15.8. The van der Waals surface area contributed by atoms with Crippen LogP contribution in [0.5, 0.6) is 0 Å². The van der Waals surface area contributed by atoms with Gasteiger partial charge in [0.1, 0.15) is 0 Å². The molecule has 0 spiro atoms. The summed E-state index contributed by atoms with van der Waals surface area (Å²) in [6, 6.07) is 0. The second-order valence-corrected chi connectivity index (χ2v) is 24.7. The standard InChI is InChI=1S/C64H131O3P/c1-2-3-4-5-6-7-8-9-10-11-12-13-14-15-16-17-18-19-20-21-22-23-24-25-26-27-28-29-30-31-32-33-34-35-36-37-38-39-40-41-42-43-44-45-46-47-48-49-50-51-52-53-54-55-56-57-58-59-60-61-62-63-64-68(65,66)67/h2-64H2,1H3,(H2,65,66,67). The van der Waals surface area contributed by atoms with E-state index in [2.05, 4.69) is 6.92 Å². The number of hydrogen-bond acceptors (Lipinski definition) is 1. The Labute approximate surface area is 431 Å². The molecule has 0 aliphatic rings. The summed E-state index contributed by atoms with van der Waals surface area (Å²) in [4.78, 5) is 17.8. The zero-order chi connectivity index (χ0) is 49.0. The Morgan fingerprint density at radius 1 is 0.176 bits per heavy atom. The SMILES string of the molecule is CCCCCCCCCCCCCCCCCCCCCCCCCCCCCCCCCCCCCCCCCCCCCCCCCCCCCCCCCCCCCCCCP(=O)(O)O. The highest BCUT2D eigenvalue weighted by Gasteiger charge is 2.11. The Morgan fingerprint density at radius 2 is 0.265 bits per heavy atom. The fourth-order valence-electron chi connectivity index (χ4n) is 11.0. The van der Waals surface area contributed by atoms with Crippen molar-refractivity contribution in [1.29, 1.82) is 0 Å². The summed E-state index contributed by atoms with van der Waals surface area (Å²) < 4.78 is 10.9. The van der Waals surface area contributed by atoms with Gasteiger partial charge in [-0.1, -0.05) is 399 Å². The van der Waals surface area contributed by atoms with E-state index in [1.807, 2.05) is 0 Å². The average molecular weight is 980 g/mol. The molecule has 0 unspecified atom stereocenters. The Kier molecular flexibility index (Phi) is 61.6. The van der Waals surface area contributed by atoms with Gasteiger partial charge in [0.05, 0.1) is 0 Å². The maximum absolute atomic E-state index is 10.9. The minimum Gasteiger partial charge on any atom is -0.324 e. The van der Waals surface area contributed by atoms with Crippen LogP contribution >= 0.6 is 7.60 Å². The van der Waals surface area contributed by atoms with Gasteiger partial charge in [-0.25, -0.2) is 0 Å². The van der Waals surface area contributed by atoms with Gasteiger partial charge in [0.2, 0.25) is 0 Å². The first-order valence-electron chi connectivity index (χ1n) is 32.6. The van der Waals surface area contributed by atoms with Gasteiger partial charge in [-0.15, -0.1) is 0 Å². The monoisotopic (exact) mass is 979 g/mol. The van der Waals surface area contributed by atoms with Gasteiger partial charge in [-0.05, 0) is 6.42 Å². The summed E-state index contributed by atoms with van der Waals surface area (Å²) in [5, 5.41) is 0. The summed E-state index contributed by atoms with van der Waals surface area (Å²) in [5.41, 5.74) is 0. The summed E-state index contributed by atoms with van der Waals surface area (Å²) in [5.74, 6) is 0. The highest BCUT2D eigenvalue weighted by atomic mass is 31.2. The Morgan fingerprint density at radius 3 is 0.353 bits per heavy atom. The van der Waals surface area contributed by atoms with Gasteiger partial charge in [0.15, 0.2) is 0 Å². The van der Waals surface area contributed by atoms with Crippen molar-refractivity contribution in [2.75, 3.05) is 6.16 Å². The van der Waals surface area contributed by atoms with Gasteiger partial charge in [0, 0.05) is 6.16 Å². The van der Waals surface area contributed by atoms with Crippen LogP contribution in [0.15, 0.2) is 0 Å². The molecule has 0 aromatic carbocycles. The molecule has 0 atom stereocenters. The van der Waals surface area contributed by atoms with Crippen LogP contribution in [-0.4, -0.2) is 15.9 Å². The molecule has 0 heterocycles. The Bertz CT molecular complexity index is 917. The summed E-state index contributed by atoms with van der Waals surface area (Å²) in [7, 11) is -3.78. The van der Waals surface area contributed by atoms with Crippen molar-refractivity contribution in [2.45, 2.75) is 405 Å². The van der Waals surface area contributed by atoms with Gasteiger partial charge < -0.3 is 9.79 Å². The topological polar surface area (TPSA) is 57.5 Å². The van der Waals surface area contributed by atoms with Crippen molar-refractivity contribution < 1.29 is 14.4 Å². The van der Waals surface area contributed by atoms with Crippen molar-refractivity contribution >= 4 is 7.60 Å². The average Bonchev–Trinajstić information content (AvgIpc) is 3.32. The smallest absolute Gasteiger partial charge is 0.324 e. The van der Waals surface area contributed by atoms with Crippen LogP contribution in [0.3, 0.4) is 0 Å². The number of rotatable bonds is 63. The van der Waals surface area contributed by atoms with E-state index in [0.717, 1.165) is 12.8 Å². The van der Waals surface area contributed by atoms with Crippen LogP contribution in [0.2, 0.25) is 0 Å². The second kappa shape index (κ2) is 61.4. The van der Waals surface area contributed by atoms with Crippen LogP contribution in [0.4, 0.5) is 0 Å². The summed E-state index contributed by atoms with van der Waals surface area (Å²) in [6.07, 6.45) is 89.1. The summed E-state index contributed by atoms with van der Waals surface area (Å²) in [6.45, 7) is 2.31. The first-order chi connectivity index (χ1) is 33.6. The van der Waals surface area contributed by atoms with Gasteiger partial charge in [-0.3, -0.25) is 4.57 Å². The van der Waals surface area contributed by atoms with E-state index in [9.17, 15) is 4.57 Å². The lowest BCUT2D eigenvalue weighted by Crippen LogP contribution is -1.88. The minimum atomic E-state index is -3.78. The minimum absolute atomic E-state index is 0.0624. The highest BCUT2D eigenvalue weighted by Crippen LogP contribution is 2.35. The van der Waals surface area contributed by atoms with Crippen LogP contribution in [0.25, 0.3) is 0 Å². The first-order valence-corrected chi connectivity index (χ1v) is 34.4. The third kappa shape index (κ3) is 66.2. The molecule has 0 aliphatic carbocycles. The van der Waals surface area contributed by atoms with E-state index in [1.54, 1.807) is 0 Å². The van der Waals surface area contributed by atoms with E-state index in [0.29, 0.717) is 6.42 Å². The largest absolute Gasteiger partial charge is 0.325 e. The van der Waals surface area contributed by atoms with Crippen LogP contribution < -0.4 is 0 Å². The highest BCUT2D eigenvalue weighted by molar-refractivity contribution is 7.51. The molecule has 0 radical (unpaired) electrons. The van der Waals surface area contributed by atoms with E-state index in [4.69, 9.17) is 9.79 Å². The van der Waals surface area contributed by atoms with Crippen molar-refractivity contribution in [2.24, 2.45) is 0 Å². The zero-order valence-corrected chi connectivity index (χ0v) is 48.2. The number of unbranched alkanes of at least 4 members (excludes halogenated alkanes) is 61. The lowest BCUT2D eigenvalue weighted by atomic mass is 10.0. The Hall–Kier alpha value is 0.150. The van der Waals surface area contributed by atoms with Gasteiger partial charge >= 0.3 is 7.60 Å². The maximum atomic E-state index is 10.9. The molecular weight excluding hydrogens is 848 g/mol. The lowest BCUT2D eigenvalue weighted by Gasteiger charge is -2.05. The second-order valence-electron chi connectivity index (χ2n) is 23.0. The van der Waals surface area contributed by atoms with E-state index in [-0.39, 0.29) is 6.16 Å². The molecule has 0 aliphatic heterocycles. The van der Waals surface area contributed by atoms with Crippen LogP contribution in [-0.2, 0) is 4.57 Å². The van der Waals surface area contributed by atoms with E-state index >= 15 is 0 Å². The normalized spacial score (nSPS) is 12.0. The molecule has 0 fully saturated rings. The van der Waals surface area contributed by atoms with Gasteiger partial charge in [-0.2, -0.15) is 0 Å². The molecule has 410 valence electrons. The van der Waals surface area contributed by atoms with E-state index < -0.39 is 7.60 Å². The molecule has 0 aromatic rings. The maximum Gasteiger partial charge on any atom is 0.325 e. The Balaban J connectivity index is 3.08. The first kappa shape index (κ1) is 68.2. The van der Waals surface area contributed by atoms with Crippen molar-refractivity contribution in [3.63, 3.8) is 0 Å². The van der Waals surface area contributed by atoms with Crippen LogP contribution in [0.1, 0.15) is 405 Å². The molecule has 0 amide bonds. The molecule has 0 saturated carbocycles. The number of hydrogen-bond donors (Lipinski definition) is 2.